The van der Waals surface area contributed by atoms with Crippen LogP contribution in [0.4, 0.5) is 0 Å². The van der Waals surface area contributed by atoms with E-state index in [0.717, 1.165) is 57.8 Å². The van der Waals surface area contributed by atoms with E-state index in [9.17, 15) is 40.5 Å². The minimum Gasteiger partial charge on any atom is -0.457 e. The summed E-state index contributed by atoms with van der Waals surface area (Å²) in [7, 11) is 0. The van der Waals surface area contributed by atoms with Crippen molar-refractivity contribution in [1.29, 1.82) is 0 Å². The summed E-state index contributed by atoms with van der Waals surface area (Å²) in [5, 5.41) is 72.5. The molecule has 2 heterocycles. The number of aliphatic hydroxyl groups excluding tert-OH is 7. The minimum absolute atomic E-state index is 0.0587. The molecule has 14 nitrogen and oxygen atoms in total. The van der Waals surface area contributed by atoms with Gasteiger partial charge in [-0.1, -0.05) is 217 Å². The number of ether oxygens (including phenoxy) is 6. The molecule has 2 aliphatic heterocycles. The van der Waals surface area contributed by atoms with E-state index >= 15 is 0 Å². The van der Waals surface area contributed by atoms with Gasteiger partial charge in [-0.05, 0) is 77.0 Å². The van der Waals surface area contributed by atoms with Crippen LogP contribution in [0.5, 0.6) is 0 Å². The van der Waals surface area contributed by atoms with Crippen LogP contribution < -0.4 is 0 Å². The second kappa shape index (κ2) is 50.7. The topological polar surface area (TPSA) is 214 Å². The van der Waals surface area contributed by atoms with Gasteiger partial charge >= 0.3 is 5.97 Å². The van der Waals surface area contributed by atoms with Crippen LogP contribution in [-0.2, 0) is 33.2 Å². The van der Waals surface area contributed by atoms with Crippen molar-refractivity contribution >= 4 is 5.97 Å². The van der Waals surface area contributed by atoms with E-state index in [1.807, 2.05) is 0 Å². The first kappa shape index (κ1) is 72.1. The molecule has 2 aliphatic rings. The highest BCUT2D eigenvalue weighted by molar-refractivity contribution is 5.69. The molecule has 14 heteroatoms. The van der Waals surface area contributed by atoms with Gasteiger partial charge in [0.1, 0.15) is 54.9 Å². The molecule has 78 heavy (non-hydrogen) atoms. The Morgan fingerprint density at radius 2 is 0.795 bits per heavy atom. The Morgan fingerprint density at radius 1 is 0.423 bits per heavy atom. The molecular weight excluding hydrogens is 993 g/mol. The van der Waals surface area contributed by atoms with Crippen molar-refractivity contribution in [1.82, 2.24) is 0 Å². The van der Waals surface area contributed by atoms with Gasteiger partial charge in [0, 0.05) is 13.0 Å². The Kier molecular flexibility index (Phi) is 46.8. The Labute approximate surface area is 473 Å². The van der Waals surface area contributed by atoms with Gasteiger partial charge < -0.3 is 64.2 Å². The highest BCUT2D eigenvalue weighted by Crippen LogP contribution is 2.27. The Bertz CT molecular complexity index is 1470. The third-order valence-corrected chi connectivity index (χ3v) is 15.1. The number of carbonyl (C=O) groups excluding carboxylic acids is 1. The summed E-state index contributed by atoms with van der Waals surface area (Å²) in [5.41, 5.74) is 0. The van der Waals surface area contributed by atoms with Gasteiger partial charge in [-0.25, -0.2) is 0 Å². The normalized spacial score (nSPS) is 24.4. The molecule has 0 aromatic heterocycles. The zero-order chi connectivity index (χ0) is 56.5. The van der Waals surface area contributed by atoms with Gasteiger partial charge in [-0.2, -0.15) is 0 Å². The Hall–Kier alpha value is -2.05. The molecule has 2 fully saturated rings. The van der Waals surface area contributed by atoms with Gasteiger partial charge in [0.25, 0.3) is 0 Å². The van der Waals surface area contributed by atoms with Crippen molar-refractivity contribution < 1.29 is 69.0 Å². The largest absolute Gasteiger partial charge is 0.457 e. The van der Waals surface area contributed by atoms with Crippen LogP contribution >= 0.6 is 0 Å². The van der Waals surface area contributed by atoms with Crippen molar-refractivity contribution in [2.45, 2.75) is 319 Å². The second-order valence-corrected chi connectivity index (χ2v) is 22.2. The van der Waals surface area contributed by atoms with E-state index < -0.39 is 80.7 Å². The van der Waals surface area contributed by atoms with Crippen LogP contribution in [0.1, 0.15) is 251 Å². The van der Waals surface area contributed by atoms with Gasteiger partial charge in [0.05, 0.1) is 26.4 Å². The molecular formula is C64H116O14. The summed E-state index contributed by atoms with van der Waals surface area (Å²) >= 11 is 0. The SMILES string of the molecule is CCCCCC/C=C\C/C=C\CCCCCCCCCC(=O)OC(COCCCCCCCCCCCCCCCC/C=C\C/C=C\CCCCCCC)COC1OC(COC2OC(CO)C(O)C(O)C2O)C(O)C(O)C1O. The average Bonchev–Trinajstić information content (AvgIpc) is 3.45. The lowest BCUT2D eigenvalue weighted by Gasteiger charge is -2.42. The lowest BCUT2D eigenvalue weighted by molar-refractivity contribution is -0.332. The Balaban J connectivity index is 1.67. The van der Waals surface area contributed by atoms with Crippen molar-refractivity contribution in [3.63, 3.8) is 0 Å². The molecule has 2 rings (SSSR count). The molecule has 0 amide bonds. The van der Waals surface area contributed by atoms with Crippen LogP contribution in [0.2, 0.25) is 0 Å². The molecule has 11 atom stereocenters. The fourth-order valence-corrected chi connectivity index (χ4v) is 9.94. The summed E-state index contributed by atoms with van der Waals surface area (Å²) in [5.74, 6) is -0.381. The summed E-state index contributed by atoms with van der Waals surface area (Å²) in [6.07, 6.45) is 46.0. The third-order valence-electron chi connectivity index (χ3n) is 15.1. The summed E-state index contributed by atoms with van der Waals surface area (Å²) < 4.78 is 34.5. The van der Waals surface area contributed by atoms with Gasteiger partial charge in [0.15, 0.2) is 12.6 Å². The van der Waals surface area contributed by atoms with Crippen molar-refractivity contribution in [2.75, 3.05) is 33.0 Å². The first-order valence-corrected chi connectivity index (χ1v) is 31.7. The quantitative estimate of drug-likeness (QED) is 0.0172. The van der Waals surface area contributed by atoms with Crippen molar-refractivity contribution in [2.24, 2.45) is 0 Å². The zero-order valence-electron chi connectivity index (χ0n) is 49.2. The third kappa shape index (κ3) is 36.4. The fourth-order valence-electron chi connectivity index (χ4n) is 9.94. The number of esters is 1. The molecule has 0 aliphatic carbocycles. The molecule has 0 aromatic carbocycles. The number of aliphatic hydroxyl groups is 7. The highest BCUT2D eigenvalue weighted by atomic mass is 16.7. The summed E-state index contributed by atoms with van der Waals surface area (Å²) in [6, 6.07) is 0. The average molecular weight is 1110 g/mol. The maximum absolute atomic E-state index is 13.1. The van der Waals surface area contributed by atoms with E-state index in [1.165, 1.54) is 167 Å². The predicted octanol–water partition coefficient (Wildman–Crippen LogP) is 12.3. The molecule has 456 valence electrons. The molecule has 2 saturated heterocycles. The molecule has 0 saturated carbocycles. The number of allylic oxidation sites excluding steroid dienone is 8. The van der Waals surface area contributed by atoms with Crippen LogP contribution in [0.25, 0.3) is 0 Å². The van der Waals surface area contributed by atoms with Crippen LogP contribution in [0.3, 0.4) is 0 Å². The molecule has 0 bridgehead atoms. The van der Waals surface area contributed by atoms with Crippen molar-refractivity contribution in [3.05, 3.63) is 48.6 Å². The van der Waals surface area contributed by atoms with E-state index in [2.05, 4.69) is 62.5 Å². The summed E-state index contributed by atoms with van der Waals surface area (Å²) in [4.78, 5) is 13.1. The lowest BCUT2D eigenvalue weighted by atomic mass is 9.98. The number of unbranched alkanes of at least 4 members (excludes halogenated alkanes) is 30. The first-order chi connectivity index (χ1) is 38.1. The summed E-state index contributed by atoms with van der Waals surface area (Å²) in [6.45, 7) is 3.69. The molecule has 0 spiro atoms. The minimum atomic E-state index is -1.71. The molecule has 0 aromatic rings. The van der Waals surface area contributed by atoms with Crippen LogP contribution in [0, 0.1) is 0 Å². The van der Waals surface area contributed by atoms with Crippen molar-refractivity contribution in [3.8, 4) is 0 Å². The smallest absolute Gasteiger partial charge is 0.306 e. The van der Waals surface area contributed by atoms with Gasteiger partial charge in [-0.15, -0.1) is 0 Å². The fraction of sp³-hybridized carbons (Fsp3) is 0.859. The number of hydrogen-bond donors (Lipinski definition) is 7. The molecule has 0 radical (unpaired) electrons. The monoisotopic (exact) mass is 1110 g/mol. The predicted molar refractivity (Wildman–Crippen MR) is 312 cm³/mol. The van der Waals surface area contributed by atoms with Crippen LogP contribution in [-0.4, -0.2) is 142 Å². The first-order valence-electron chi connectivity index (χ1n) is 31.7. The molecule has 11 unspecified atom stereocenters. The van der Waals surface area contributed by atoms with Crippen LogP contribution in [0.15, 0.2) is 48.6 Å². The molecule has 7 N–H and O–H groups in total. The van der Waals surface area contributed by atoms with E-state index in [1.54, 1.807) is 0 Å². The highest BCUT2D eigenvalue weighted by Gasteiger charge is 2.47. The Morgan fingerprint density at radius 3 is 1.24 bits per heavy atom. The second-order valence-electron chi connectivity index (χ2n) is 22.2. The maximum Gasteiger partial charge on any atom is 0.306 e. The van der Waals surface area contributed by atoms with E-state index in [4.69, 9.17) is 28.4 Å². The zero-order valence-corrected chi connectivity index (χ0v) is 49.2. The standard InChI is InChI=1S/C64H116O14/c1-3-5-7-9-11-13-15-17-19-21-23-24-25-26-27-28-29-30-32-34-36-38-40-42-44-46-48-73-50-53(76-56(66)47-45-43-41-39-37-35-33-31-22-20-18-16-14-12-10-8-6-4-2)51-74-63-62(72)60(70)58(68)55(78-63)52-75-64-61(71)59(69)57(67)54(49-65)77-64/h14-17,20-23,53-55,57-65,67-72H,3-13,18-19,24-52H2,1-2H3/b16-14-,17-15-,22-20-,23-21-. The van der Waals surface area contributed by atoms with Gasteiger partial charge in [0.2, 0.25) is 0 Å². The van der Waals surface area contributed by atoms with Gasteiger partial charge in [-0.3, -0.25) is 4.79 Å². The number of hydrogen-bond acceptors (Lipinski definition) is 14. The lowest BCUT2D eigenvalue weighted by Crippen LogP contribution is -2.61. The number of rotatable bonds is 52. The number of carbonyl (C=O) groups is 1. The van der Waals surface area contributed by atoms with E-state index in [-0.39, 0.29) is 25.6 Å². The van der Waals surface area contributed by atoms with E-state index in [0.29, 0.717) is 13.0 Å². The maximum atomic E-state index is 13.1.